The Bertz CT molecular complexity index is 1830. The number of aryl methyl sites for hydroxylation is 1. The first-order valence-electron chi connectivity index (χ1n) is 14.5. The van der Waals surface area contributed by atoms with Crippen molar-refractivity contribution in [3.8, 4) is 28.5 Å². The number of rotatable bonds is 8. The molecule has 1 saturated heterocycles. The summed E-state index contributed by atoms with van der Waals surface area (Å²) in [7, 11) is 1.39. The number of carbonyl (C=O) groups excluding carboxylic acids is 1. The minimum atomic E-state index is -0.417. The lowest BCUT2D eigenvalue weighted by Crippen LogP contribution is -2.38. The summed E-state index contributed by atoms with van der Waals surface area (Å²) in [5, 5.41) is 13.4. The Balaban J connectivity index is 1.21. The van der Waals surface area contributed by atoms with E-state index >= 15 is 0 Å². The lowest BCUT2D eigenvalue weighted by Gasteiger charge is -2.32. The fourth-order valence-corrected chi connectivity index (χ4v) is 5.61. The molecule has 220 valence electrons. The zero-order valence-electron chi connectivity index (χ0n) is 24.6. The van der Waals surface area contributed by atoms with Crippen LogP contribution in [0.4, 0.5) is 5.82 Å². The highest BCUT2D eigenvalue weighted by molar-refractivity contribution is 5.98. The van der Waals surface area contributed by atoms with Crippen LogP contribution in [0.25, 0.3) is 33.3 Å². The molecule has 0 unspecified atom stereocenters. The third-order valence-electron chi connectivity index (χ3n) is 7.84. The number of hydrogen-bond acceptors (Lipinski definition) is 9. The molecule has 2 aromatic carbocycles. The highest BCUT2D eigenvalue weighted by Crippen LogP contribution is 2.34. The van der Waals surface area contributed by atoms with Gasteiger partial charge in [0.1, 0.15) is 17.6 Å². The number of nitrogens with zero attached hydrogens (tertiary/aromatic N) is 6. The Kier molecular flexibility index (Phi) is 8.50. The van der Waals surface area contributed by atoms with E-state index in [2.05, 4.69) is 73.1 Å². The number of anilines is 1. The van der Waals surface area contributed by atoms with Crippen molar-refractivity contribution in [2.24, 2.45) is 0 Å². The molecule has 6 rings (SSSR count). The highest BCUT2D eigenvalue weighted by atomic mass is 16.6. The molecule has 0 radical (unpaired) electrons. The molecule has 10 heteroatoms. The van der Waals surface area contributed by atoms with Gasteiger partial charge in [0.2, 0.25) is 5.82 Å². The maximum Gasteiger partial charge on any atom is 0.293 e. The van der Waals surface area contributed by atoms with Crippen LogP contribution < -0.4 is 10.8 Å². The molecule has 0 saturated carbocycles. The van der Waals surface area contributed by atoms with Crippen LogP contribution in [0.15, 0.2) is 79.0 Å². The Hall–Kier alpha value is -5.24. The van der Waals surface area contributed by atoms with Gasteiger partial charge in [0.15, 0.2) is 0 Å². The number of benzene rings is 2. The number of carbonyl (C=O) groups is 1. The number of fused-ring (bicyclic) bond motifs is 1. The van der Waals surface area contributed by atoms with Gasteiger partial charge in [-0.25, -0.2) is 25.4 Å². The second-order valence-corrected chi connectivity index (χ2v) is 10.8. The lowest BCUT2D eigenvalue weighted by atomic mass is 9.96. The minimum Gasteiger partial charge on any atom is -0.367 e. The summed E-state index contributed by atoms with van der Waals surface area (Å²) in [6.07, 6.45) is 3.59. The molecular weight excluding hydrogens is 552 g/mol. The molecule has 10 nitrogen and oxygen atoms in total. The molecule has 0 bridgehead atoms. The van der Waals surface area contributed by atoms with E-state index in [1.54, 1.807) is 18.3 Å². The van der Waals surface area contributed by atoms with E-state index in [4.69, 9.17) is 15.1 Å². The summed E-state index contributed by atoms with van der Waals surface area (Å²) in [6.45, 7) is 4.67. The molecule has 1 aliphatic heterocycles. The maximum atomic E-state index is 12.5. The molecule has 0 aliphatic carbocycles. The molecule has 5 aromatic rings. The fourth-order valence-electron chi connectivity index (χ4n) is 5.61. The van der Waals surface area contributed by atoms with E-state index in [-0.39, 0.29) is 11.5 Å². The number of pyridine rings is 2. The number of hydrogen-bond donors (Lipinski definition) is 2. The largest absolute Gasteiger partial charge is 0.367 e. The molecule has 3 aromatic heterocycles. The van der Waals surface area contributed by atoms with Crippen molar-refractivity contribution in [1.29, 1.82) is 5.26 Å². The predicted octanol–water partition coefficient (Wildman–Crippen LogP) is 5.30. The number of nitriles is 1. The van der Waals surface area contributed by atoms with Gasteiger partial charge in [-0.2, -0.15) is 5.26 Å². The van der Waals surface area contributed by atoms with E-state index in [0.717, 1.165) is 65.9 Å². The maximum absolute atomic E-state index is 12.5. The van der Waals surface area contributed by atoms with E-state index in [1.165, 1.54) is 12.7 Å². The molecule has 0 spiro atoms. The lowest BCUT2D eigenvalue weighted by molar-refractivity contribution is 0.0532. The standard InChI is InChI=1S/C34H32N8O2/c1-22-27-18-28(24-6-4-3-5-7-24)33(39-29(27)19-30(37-22)34(43)41-44-2)25-10-8-23(9-11-25)21-42-16-13-26(14-17-42)38-31-12-15-36-32(20-35)40-31/h3-12,15,18-19,26H,13-14,16-17,21H2,1-2H3,(H,41,43)(H,36,38,40). The number of nitrogens with one attached hydrogen (secondary N) is 2. The molecule has 1 amide bonds. The molecule has 1 fully saturated rings. The van der Waals surface area contributed by atoms with Crippen molar-refractivity contribution in [1.82, 2.24) is 30.3 Å². The summed E-state index contributed by atoms with van der Waals surface area (Å²) < 4.78 is 0. The van der Waals surface area contributed by atoms with Gasteiger partial charge < -0.3 is 5.32 Å². The zero-order chi connectivity index (χ0) is 30.5. The van der Waals surface area contributed by atoms with Crippen molar-refractivity contribution < 1.29 is 9.63 Å². The van der Waals surface area contributed by atoms with Crippen LogP contribution in [0.2, 0.25) is 0 Å². The first-order valence-corrected chi connectivity index (χ1v) is 14.5. The van der Waals surface area contributed by atoms with E-state index in [0.29, 0.717) is 17.4 Å². The summed E-state index contributed by atoms with van der Waals surface area (Å²) >= 11 is 0. The average molecular weight is 585 g/mol. The molecule has 2 N–H and O–H groups in total. The average Bonchev–Trinajstić information content (AvgIpc) is 3.06. The second-order valence-electron chi connectivity index (χ2n) is 10.8. The van der Waals surface area contributed by atoms with Crippen LogP contribution in [0.1, 0.15) is 40.4 Å². The van der Waals surface area contributed by atoms with Crippen molar-refractivity contribution in [2.45, 2.75) is 32.4 Å². The topological polar surface area (TPSA) is 129 Å². The fraction of sp³-hybridized carbons (Fsp3) is 0.235. The van der Waals surface area contributed by atoms with Gasteiger partial charge in [0.05, 0.1) is 18.3 Å². The molecule has 1 aliphatic rings. The van der Waals surface area contributed by atoms with Crippen LogP contribution in [0, 0.1) is 18.3 Å². The summed E-state index contributed by atoms with van der Waals surface area (Å²) in [4.78, 5) is 37.5. The summed E-state index contributed by atoms with van der Waals surface area (Å²) in [5.74, 6) is 0.458. The van der Waals surface area contributed by atoms with Crippen molar-refractivity contribution in [2.75, 3.05) is 25.5 Å². The highest BCUT2D eigenvalue weighted by Gasteiger charge is 2.20. The predicted molar refractivity (Wildman–Crippen MR) is 168 cm³/mol. The number of aromatic nitrogens is 4. The third-order valence-corrected chi connectivity index (χ3v) is 7.84. The monoisotopic (exact) mass is 584 g/mol. The smallest absolute Gasteiger partial charge is 0.293 e. The molecular formula is C34H32N8O2. The van der Waals surface area contributed by atoms with Crippen LogP contribution >= 0.6 is 0 Å². The summed E-state index contributed by atoms with van der Waals surface area (Å²) in [5.41, 5.74) is 9.14. The Morgan fingerprint density at radius 3 is 2.50 bits per heavy atom. The number of piperidine rings is 1. The van der Waals surface area contributed by atoms with Crippen LogP contribution in [-0.4, -0.2) is 57.0 Å². The van der Waals surface area contributed by atoms with Gasteiger partial charge in [-0.15, -0.1) is 0 Å². The van der Waals surface area contributed by atoms with Gasteiger partial charge in [-0.3, -0.25) is 14.5 Å². The van der Waals surface area contributed by atoms with E-state index < -0.39 is 5.91 Å². The minimum absolute atomic E-state index is 0.178. The number of hydroxylamine groups is 1. The van der Waals surface area contributed by atoms with Gasteiger partial charge in [-0.1, -0.05) is 54.6 Å². The number of amides is 1. The Morgan fingerprint density at radius 1 is 1.00 bits per heavy atom. The van der Waals surface area contributed by atoms with E-state index in [1.807, 2.05) is 31.2 Å². The SMILES string of the molecule is CONC(=O)c1cc2nc(-c3ccc(CN4CCC(Nc5ccnc(C#N)n5)CC4)cc3)c(-c3ccccc3)cc2c(C)n1. The molecule has 0 atom stereocenters. The van der Waals surface area contributed by atoms with Crippen LogP contribution in [0.5, 0.6) is 0 Å². The normalized spacial score (nSPS) is 13.8. The van der Waals surface area contributed by atoms with Crippen LogP contribution in [-0.2, 0) is 11.4 Å². The van der Waals surface area contributed by atoms with Crippen molar-refractivity contribution >= 4 is 22.6 Å². The number of likely N-dealkylation sites (tertiary alicyclic amines) is 1. The Labute approximate surface area is 255 Å². The quantitative estimate of drug-likeness (QED) is 0.233. The van der Waals surface area contributed by atoms with Crippen LogP contribution in [0.3, 0.4) is 0 Å². The van der Waals surface area contributed by atoms with Gasteiger partial charge >= 0.3 is 0 Å². The summed E-state index contributed by atoms with van der Waals surface area (Å²) in [6, 6.07) is 26.7. The first kappa shape index (κ1) is 28.9. The zero-order valence-corrected chi connectivity index (χ0v) is 24.6. The van der Waals surface area contributed by atoms with Gasteiger partial charge in [0.25, 0.3) is 5.91 Å². The van der Waals surface area contributed by atoms with E-state index in [9.17, 15) is 4.79 Å². The van der Waals surface area contributed by atoms with Crippen molar-refractivity contribution in [3.05, 3.63) is 102 Å². The molecule has 4 heterocycles. The first-order chi connectivity index (χ1) is 21.5. The second kappa shape index (κ2) is 13.0. The Morgan fingerprint density at radius 2 is 1.77 bits per heavy atom. The van der Waals surface area contributed by atoms with Gasteiger partial charge in [-0.05, 0) is 49.1 Å². The molecule has 44 heavy (non-hydrogen) atoms. The van der Waals surface area contributed by atoms with Crippen molar-refractivity contribution in [3.63, 3.8) is 0 Å². The van der Waals surface area contributed by atoms with Gasteiger partial charge in [0, 0.05) is 54.1 Å². The third kappa shape index (κ3) is 6.39.